The fourth-order valence-corrected chi connectivity index (χ4v) is 2.40. The third-order valence-corrected chi connectivity index (χ3v) is 3.61. The Morgan fingerprint density at radius 2 is 1.76 bits per heavy atom. The van der Waals surface area contributed by atoms with E-state index >= 15 is 0 Å². The van der Waals surface area contributed by atoms with E-state index in [0.717, 1.165) is 36.8 Å². The van der Waals surface area contributed by atoms with E-state index in [1.54, 1.807) is 7.11 Å². The second-order valence-corrected chi connectivity index (χ2v) is 5.07. The van der Waals surface area contributed by atoms with Crippen LogP contribution in [0, 0.1) is 0 Å². The highest BCUT2D eigenvalue weighted by Gasteiger charge is 2.13. The number of ether oxygens (including phenoxy) is 3. The Bertz CT molecular complexity index is 595. The van der Waals surface area contributed by atoms with E-state index < -0.39 is 0 Å². The first-order valence-corrected chi connectivity index (χ1v) is 7.18. The van der Waals surface area contributed by atoms with Gasteiger partial charge in [-0.1, -0.05) is 6.07 Å². The number of methoxy groups -OCH3 is 1. The first kappa shape index (κ1) is 13.8. The fraction of sp³-hybridized carbons (Fsp3) is 0.294. The first-order valence-electron chi connectivity index (χ1n) is 7.18. The average Bonchev–Trinajstić information content (AvgIpc) is 3.00. The van der Waals surface area contributed by atoms with Crippen LogP contribution >= 0.6 is 0 Å². The van der Waals surface area contributed by atoms with E-state index in [0.29, 0.717) is 6.79 Å². The second kappa shape index (κ2) is 6.50. The van der Waals surface area contributed by atoms with Crippen molar-refractivity contribution in [3.63, 3.8) is 0 Å². The lowest BCUT2D eigenvalue weighted by Crippen LogP contribution is -2.83. The number of rotatable bonds is 6. The minimum atomic E-state index is 0.336. The standard InChI is InChI=1S/C17H19NO3/c1-19-15-5-2-14(3-6-15)11-18-9-8-13-4-7-16-17(10-13)21-12-20-16/h2-7,10,18H,8-9,11-12H2,1H3/p+1. The first-order chi connectivity index (χ1) is 10.3. The van der Waals surface area contributed by atoms with Crippen molar-refractivity contribution in [2.75, 3.05) is 20.4 Å². The van der Waals surface area contributed by atoms with Crippen molar-refractivity contribution in [2.24, 2.45) is 0 Å². The van der Waals surface area contributed by atoms with Crippen molar-refractivity contribution in [3.8, 4) is 17.2 Å². The van der Waals surface area contributed by atoms with E-state index in [4.69, 9.17) is 14.2 Å². The topological polar surface area (TPSA) is 44.3 Å². The van der Waals surface area contributed by atoms with Gasteiger partial charge in [0, 0.05) is 12.0 Å². The summed E-state index contributed by atoms with van der Waals surface area (Å²) < 4.78 is 15.9. The smallest absolute Gasteiger partial charge is 0.231 e. The van der Waals surface area contributed by atoms with Gasteiger partial charge in [-0.05, 0) is 42.0 Å². The molecule has 21 heavy (non-hydrogen) atoms. The fourth-order valence-electron chi connectivity index (χ4n) is 2.40. The highest BCUT2D eigenvalue weighted by atomic mass is 16.7. The number of fused-ring (bicyclic) bond motifs is 1. The van der Waals surface area contributed by atoms with Gasteiger partial charge in [0.15, 0.2) is 11.5 Å². The third-order valence-electron chi connectivity index (χ3n) is 3.61. The minimum absolute atomic E-state index is 0.336. The summed E-state index contributed by atoms with van der Waals surface area (Å²) in [5.74, 6) is 2.61. The average molecular weight is 286 g/mol. The molecule has 0 unspecified atom stereocenters. The van der Waals surface area contributed by atoms with Crippen LogP contribution in [-0.2, 0) is 13.0 Å². The molecule has 0 spiro atoms. The Morgan fingerprint density at radius 3 is 2.57 bits per heavy atom. The highest BCUT2D eigenvalue weighted by Crippen LogP contribution is 2.32. The van der Waals surface area contributed by atoms with Crippen molar-refractivity contribution in [2.45, 2.75) is 13.0 Å². The zero-order valence-corrected chi connectivity index (χ0v) is 12.2. The normalized spacial score (nSPS) is 12.4. The predicted octanol–water partition coefficient (Wildman–Crippen LogP) is 1.73. The molecule has 4 nitrogen and oxygen atoms in total. The van der Waals surface area contributed by atoms with Crippen LogP contribution in [0.2, 0.25) is 0 Å². The van der Waals surface area contributed by atoms with Gasteiger partial charge in [0.1, 0.15) is 12.3 Å². The molecular formula is C17H20NO3+. The lowest BCUT2D eigenvalue weighted by Gasteiger charge is -2.05. The molecule has 4 heteroatoms. The molecule has 3 rings (SSSR count). The van der Waals surface area contributed by atoms with E-state index in [1.807, 2.05) is 18.2 Å². The van der Waals surface area contributed by atoms with Crippen LogP contribution in [0.4, 0.5) is 0 Å². The van der Waals surface area contributed by atoms with Gasteiger partial charge in [0.2, 0.25) is 6.79 Å². The molecule has 0 amide bonds. The van der Waals surface area contributed by atoms with Crippen LogP contribution in [-0.4, -0.2) is 20.4 Å². The maximum absolute atomic E-state index is 5.39. The molecule has 0 saturated carbocycles. The summed E-state index contributed by atoms with van der Waals surface area (Å²) in [5.41, 5.74) is 2.59. The number of benzene rings is 2. The Labute approximate surface area is 124 Å². The van der Waals surface area contributed by atoms with Crippen molar-refractivity contribution in [1.82, 2.24) is 0 Å². The van der Waals surface area contributed by atoms with Gasteiger partial charge in [-0.3, -0.25) is 0 Å². The molecule has 0 radical (unpaired) electrons. The quantitative estimate of drug-likeness (QED) is 0.823. The van der Waals surface area contributed by atoms with Crippen molar-refractivity contribution >= 4 is 0 Å². The van der Waals surface area contributed by atoms with Gasteiger partial charge in [-0.2, -0.15) is 0 Å². The number of quaternary nitrogens is 1. The summed E-state index contributed by atoms with van der Waals surface area (Å²) in [6, 6.07) is 14.4. The lowest BCUT2D eigenvalue weighted by atomic mass is 10.1. The van der Waals surface area contributed by atoms with Crippen LogP contribution in [0.1, 0.15) is 11.1 Å². The molecule has 0 atom stereocenters. The van der Waals surface area contributed by atoms with Crippen molar-refractivity contribution < 1.29 is 19.5 Å². The van der Waals surface area contributed by atoms with E-state index in [1.165, 1.54) is 11.1 Å². The molecule has 0 saturated heterocycles. The third kappa shape index (κ3) is 3.47. The number of hydrogen-bond acceptors (Lipinski definition) is 3. The summed E-state index contributed by atoms with van der Waals surface area (Å²) in [4.78, 5) is 0. The monoisotopic (exact) mass is 286 g/mol. The molecule has 1 aliphatic heterocycles. The maximum Gasteiger partial charge on any atom is 0.231 e. The zero-order valence-electron chi connectivity index (χ0n) is 12.2. The summed E-state index contributed by atoms with van der Waals surface area (Å²) in [7, 11) is 1.69. The van der Waals surface area contributed by atoms with Crippen molar-refractivity contribution in [3.05, 3.63) is 53.6 Å². The van der Waals surface area contributed by atoms with Gasteiger partial charge < -0.3 is 19.5 Å². The Balaban J connectivity index is 1.45. The van der Waals surface area contributed by atoms with Crippen molar-refractivity contribution in [1.29, 1.82) is 0 Å². The molecule has 110 valence electrons. The molecule has 1 heterocycles. The SMILES string of the molecule is COc1ccc(C[NH2+]CCc2ccc3c(c2)OCO3)cc1. The van der Waals surface area contributed by atoms with Crippen LogP contribution in [0.5, 0.6) is 17.2 Å². The van der Waals surface area contributed by atoms with E-state index in [-0.39, 0.29) is 0 Å². The minimum Gasteiger partial charge on any atom is -0.497 e. The van der Waals surface area contributed by atoms with Gasteiger partial charge in [0.25, 0.3) is 0 Å². The van der Waals surface area contributed by atoms with Crippen LogP contribution < -0.4 is 19.5 Å². The maximum atomic E-state index is 5.39. The molecule has 1 aliphatic rings. The predicted molar refractivity (Wildman–Crippen MR) is 79.8 cm³/mol. The summed E-state index contributed by atoms with van der Waals surface area (Å²) in [6.45, 7) is 2.36. The molecule has 0 fully saturated rings. The lowest BCUT2D eigenvalue weighted by molar-refractivity contribution is -0.670. The van der Waals surface area contributed by atoms with E-state index in [9.17, 15) is 0 Å². The number of nitrogens with two attached hydrogens (primary N) is 1. The number of hydrogen-bond donors (Lipinski definition) is 1. The van der Waals surface area contributed by atoms with Gasteiger partial charge in [0.05, 0.1) is 13.7 Å². The summed E-state index contributed by atoms with van der Waals surface area (Å²) >= 11 is 0. The largest absolute Gasteiger partial charge is 0.497 e. The molecule has 0 aromatic heterocycles. The summed E-state index contributed by atoms with van der Waals surface area (Å²) in [5, 5.41) is 2.31. The Morgan fingerprint density at radius 1 is 1.00 bits per heavy atom. The molecule has 0 bridgehead atoms. The van der Waals surface area contributed by atoms with Crippen LogP contribution in [0.25, 0.3) is 0 Å². The second-order valence-electron chi connectivity index (χ2n) is 5.07. The summed E-state index contributed by atoms with van der Waals surface area (Å²) in [6.07, 6.45) is 1.02. The highest BCUT2D eigenvalue weighted by molar-refractivity contribution is 5.44. The molecule has 2 aromatic rings. The molecule has 2 N–H and O–H groups in total. The van der Waals surface area contributed by atoms with Crippen LogP contribution in [0.3, 0.4) is 0 Å². The Kier molecular flexibility index (Phi) is 4.26. The van der Waals surface area contributed by atoms with Crippen LogP contribution in [0.15, 0.2) is 42.5 Å². The Hall–Kier alpha value is -2.20. The van der Waals surface area contributed by atoms with Gasteiger partial charge >= 0.3 is 0 Å². The van der Waals surface area contributed by atoms with Gasteiger partial charge in [-0.15, -0.1) is 0 Å². The zero-order chi connectivity index (χ0) is 14.5. The van der Waals surface area contributed by atoms with Gasteiger partial charge in [-0.25, -0.2) is 0 Å². The van der Waals surface area contributed by atoms with E-state index in [2.05, 4.69) is 29.6 Å². The molecular weight excluding hydrogens is 266 g/mol. The molecule has 0 aliphatic carbocycles. The molecule has 2 aromatic carbocycles.